The Hall–Kier alpha value is -2.34. The fourth-order valence-corrected chi connectivity index (χ4v) is 2.34. The molecular weight excluding hydrogens is 264 g/mol. The minimum atomic E-state index is -1.19. The first-order valence-electron chi connectivity index (χ1n) is 5.52. The first kappa shape index (κ1) is 13.1. The van der Waals surface area contributed by atoms with Crippen LogP contribution in [0.1, 0.15) is 15.2 Å². The number of amides is 2. The van der Waals surface area contributed by atoms with Gasteiger partial charge in [0.25, 0.3) is 5.91 Å². The fourth-order valence-electron chi connectivity index (χ4n) is 1.59. The number of para-hydroxylation sites is 1. The molecule has 19 heavy (non-hydrogen) atoms. The standard InChI is InChI=1S/C13H12N2O3S/c1-8-4-2-3-5-9(8)14-12(16)11-10(6-7-19-11)15-13(17)18/h2-7,15H,1H3,(H,14,16)(H,17,18). The molecule has 1 heterocycles. The number of rotatable bonds is 3. The largest absolute Gasteiger partial charge is 0.465 e. The van der Waals surface area contributed by atoms with Gasteiger partial charge in [-0.1, -0.05) is 18.2 Å². The molecule has 5 nitrogen and oxygen atoms in total. The molecule has 0 saturated carbocycles. The summed E-state index contributed by atoms with van der Waals surface area (Å²) in [5, 5.41) is 15.3. The van der Waals surface area contributed by atoms with Crippen LogP contribution in [0.4, 0.5) is 16.2 Å². The molecule has 98 valence electrons. The van der Waals surface area contributed by atoms with Crippen molar-refractivity contribution in [1.29, 1.82) is 0 Å². The maximum atomic E-state index is 12.1. The van der Waals surface area contributed by atoms with E-state index in [-0.39, 0.29) is 5.91 Å². The highest BCUT2D eigenvalue weighted by Crippen LogP contribution is 2.24. The van der Waals surface area contributed by atoms with E-state index in [1.807, 2.05) is 25.1 Å². The summed E-state index contributed by atoms with van der Waals surface area (Å²) in [5.41, 5.74) is 1.95. The van der Waals surface area contributed by atoms with Crippen molar-refractivity contribution < 1.29 is 14.7 Å². The molecule has 2 rings (SSSR count). The number of nitrogens with one attached hydrogen (secondary N) is 2. The summed E-state index contributed by atoms with van der Waals surface area (Å²) in [6, 6.07) is 8.96. The third-order valence-electron chi connectivity index (χ3n) is 2.51. The lowest BCUT2D eigenvalue weighted by Crippen LogP contribution is -2.15. The average molecular weight is 276 g/mol. The molecule has 0 radical (unpaired) electrons. The summed E-state index contributed by atoms with van der Waals surface area (Å²) in [5.74, 6) is -0.326. The van der Waals surface area contributed by atoms with Gasteiger partial charge in [-0.25, -0.2) is 4.79 Å². The molecule has 0 saturated heterocycles. The summed E-state index contributed by atoms with van der Waals surface area (Å²) in [4.78, 5) is 23.1. The third kappa shape index (κ3) is 3.11. The Kier molecular flexibility index (Phi) is 3.82. The molecule has 0 spiro atoms. The number of hydrogen-bond donors (Lipinski definition) is 3. The quantitative estimate of drug-likeness (QED) is 0.804. The molecule has 0 aliphatic rings. The number of carbonyl (C=O) groups excluding carboxylic acids is 1. The number of hydrogen-bond acceptors (Lipinski definition) is 3. The van der Waals surface area contributed by atoms with E-state index in [2.05, 4.69) is 10.6 Å². The molecular formula is C13H12N2O3S. The van der Waals surface area contributed by atoms with Crippen molar-refractivity contribution in [3.8, 4) is 0 Å². The van der Waals surface area contributed by atoms with E-state index < -0.39 is 6.09 Å². The summed E-state index contributed by atoms with van der Waals surface area (Å²) in [7, 11) is 0. The van der Waals surface area contributed by atoms with E-state index in [1.165, 1.54) is 11.3 Å². The molecule has 0 atom stereocenters. The number of anilines is 2. The third-order valence-corrected chi connectivity index (χ3v) is 3.42. The van der Waals surface area contributed by atoms with Gasteiger partial charge in [0.15, 0.2) is 0 Å². The van der Waals surface area contributed by atoms with E-state index in [9.17, 15) is 9.59 Å². The van der Waals surface area contributed by atoms with Crippen molar-refractivity contribution >= 4 is 34.7 Å². The maximum absolute atomic E-state index is 12.1. The van der Waals surface area contributed by atoms with Gasteiger partial charge in [-0.3, -0.25) is 10.1 Å². The van der Waals surface area contributed by atoms with Gasteiger partial charge in [0.2, 0.25) is 0 Å². The van der Waals surface area contributed by atoms with E-state index in [4.69, 9.17) is 5.11 Å². The average Bonchev–Trinajstić information content (AvgIpc) is 2.79. The Morgan fingerprint density at radius 1 is 1.11 bits per heavy atom. The lowest BCUT2D eigenvalue weighted by Gasteiger charge is -2.08. The van der Waals surface area contributed by atoms with Crippen LogP contribution in [0.5, 0.6) is 0 Å². The molecule has 0 fully saturated rings. The number of benzene rings is 1. The zero-order valence-corrected chi connectivity index (χ0v) is 11.0. The molecule has 2 amide bonds. The second-order valence-corrected chi connectivity index (χ2v) is 4.78. The molecule has 2 aromatic rings. The monoisotopic (exact) mass is 276 g/mol. The van der Waals surface area contributed by atoms with Crippen molar-refractivity contribution in [2.45, 2.75) is 6.92 Å². The SMILES string of the molecule is Cc1ccccc1NC(=O)c1sccc1NC(=O)O. The van der Waals surface area contributed by atoms with Gasteiger partial charge in [0, 0.05) is 5.69 Å². The summed E-state index contributed by atoms with van der Waals surface area (Å²) >= 11 is 1.19. The predicted molar refractivity (Wildman–Crippen MR) is 75.1 cm³/mol. The van der Waals surface area contributed by atoms with Crippen LogP contribution in [0, 0.1) is 6.92 Å². The summed E-state index contributed by atoms with van der Waals surface area (Å²) in [6.07, 6.45) is -1.19. The number of thiophene rings is 1. The van der Waals surface area contributed by atoms with E-state index in [0.717, 1.165) is 5.56 Å². The van der Waals surface area contributed by atoms with Crippen LogP contribution < -0.4 is 10.6 Å². The van der Waals surface area contributed by atoms with Crippen LogP contribution in [0.2, 0.25) is 0 Å². The van der Waals surface area contributed by atoms with Gasteiger partial charge in [0.1, 0.15) is 4.88 Å². The van der Waals surface area contributed by atoms with Crippen LogP contribution in [0.15, 0.2) is 35.7 Å². The molecule has 1 aromatic heterocycles. The van der Waals surface area contributed by atoms with Gasteiger partial charge >= 0.3 is 6.09 Å². The Morgan fingerprint density at radius 3 is 2.53 bits per heavy atom. The molecule has 0 unspecified atom stereocenters. The van der Waals surface area contributed by atoms with Crippen LogP contribution >= 0.6 is 11.3 Å². The number of carboxylic acid groups (broad SMARTS) is 1. The second kappa shape index (κ2) is 5.53. The zero-order valence-electron chi connectivity index (χ0n) is 10.1. The Bertz CT molecular complexity index is 622. The molecule has 1 aromatic carbocycles. The van der Waals surface area contributed by atoms with Crippen LogP contribution in [0.25, 0.3) is 0 Å². The zero-order chi connectivity index (χ0) is 13.8. The Labute approximate surface area is 113 Å². The molecule has 3 N–H and O–H groups in total. The highest BCUT2D eigenvalue weighted by atomic mass is 32.1. The van der Waals surface area contributed by atoms with Crippen LogP contribution in [0.3, 0.4) is 0 Å². The lowest BCUT2D eigenvalue weighted by atomic mass is 10.2. The minimum Gasteiger partial charge on any atom is -0.465 e. The van der Waals surface area contributed by atoms with Crippen molar-refractivity contribution in [2.24, 2.45) is 0 Å². The lowest BCUT2D eigenvalue weighted by molar-refractivity contribution is 0.103. The Balaban J connectivity index is 2.19. The van der Waals surface area contributed by atoms with Crippen molar-refractivity contribution in [2.75, 3.05) is 10.6 Å². The smallest absolute Gasteiger partial charge is 0.409 e. The molecule has 0 aliphatic heterocycles. The summed E-state index contributed by atoms with van der Waals surface area (Å²) in [6.45, 7) is 1.89. The Morgan fingerprint density at radius 2 is 1.84 bits per heavy atom. The van der Waals surface area contributed by atoms with Gasteiger partial charge < -0.3 is 10.4 Å². The van der Waals surface area contributed by atoms with Crippen LogP contribution in [-0.4, -0.2) is 17.1 Å². The predicted octanol–water partition coefficient (Wildman–Crippen LogP) is 3.40. The normalized spacial score (nSPS) is 9.95. The first-order valence-corrected chi connectivity index (χ1v) is 6.40. The first-order chi connectivity index (χ1) is 9.08. The fraction of sp³-hybridized carbons (Fsp3) is 0.0769. The van der Waals surface area contributed by atoms with E-state index in [1.54, 1.807) is 17.5 Å². The molecule has 0 aliphatic carbocycles. The highest BCUT2D eigenvalue weighted by Gasteiger charge is 2.15. The van der Waals surface area contributed by atoms with Gasteiger partial charge in [0.05, 0.1) is 5.69 Å². The van der Waals surface area contributed by atoms with E-state index >= 15 is 0 Å². The van der Waals surface area contributed by atoms with E-state index in [0.29, 0.717) is 16.3 Å². The topological polar surface area (TPSA) is 78.4 Å². The second-order valence-electron chi connectivity index (χ2n) is 3.86. The highest BCUT2D eigenvalue weighted by molar-refractivity contribution is 7.12. The molecule has 0 bridgehead atoms. The van der Waals surface area contributed by atoms with Gasteiger partial charge in [-0.15, -0.1) is 11.3 Å². The van der Waals surface area contributed by atoms with Crippen LogP contribution in [-0.2, 0) is 0 Å². The van der Waals surface area contributed by atoms with Gasteiger partial charge in [-0.2, -0.15) is 0 Å². The minimum absolute atomic E-state index is 0.295. The summed E-state index contributed by atoms with van der Waals surface area (Å²) < 4.78 is 0. The molecule has 6 heteroatoms. The van der Waals surface area contributed by atoms with Crippen molar-refractivity contribution in [3.05, 3.63) is 46.2 Å². The van der Waals surface area contributed by atoms with Gasteiger partial charge in [-0.05, 0) is 30.0 Å². The number of carbonyl (C=O) groups is 2. The maximum Gasteiger partial charge on any atom is 0.409 e. The van der Waals surface area contributed by atoms with Crippen molar-refractivity contribution in [1.82, 2.24) is 0 Å². The number of aryl methyl sites for hydroxylation is 1. The van der Waals surface area contributed by atoms with Crippen molar-refractivity contribution in [3.63, 3.8) is 0 Å².